The zero-order valence-corrected chi connectivity index (χ0v) is 10.8. The maximum atomic E-state index is 11.6. The summed E-state index contributed by atoms with van der Waals surface area (Å²) in [6.07, 6.45) is 0. The van der Waals surface area contributed by atoms with Crippen molar-refractivity contribution < 1.29 is 9.59 Å². The molecule has 1 aromatic carbocycles. The van der Waals surface area contributed by atoms with E-state index in [1.54, 1.807) is 18.2 Å². The quantitative estimate of drug-likeness (QED) is 0.735. The topological polar surface area (TPSA) is 75.4 Å². The van der Waals surface area contributed by atoms with E-state index in [0.717, 1.165) is 9.87 Å². The number of benzene rings is 1. The minimum absolute atomic E-state index is 0.269. The molecule has 0 saturated heterocycles. The van der Waals surface area contributed by atoms with Gasteiger partial charge < -0.3 is 11.1 Å². The molecule has 3 amide bonds. The van der Waals surface area contributed by atoms with Gasteiger partial charge in [-0.1, -0.05) is 30.5 Å². The normalized spacial score (nSPS) is 9.82. The van der Waals surface area contributed by atoms with E-state index in [0.29, 0.717) is 10.7 Å². The molecule has 5 nitrogen and oxygen atoms in total. The smallest absolute Gasteiger partial charge is 0.332 e. The molecule has 0 aliphatic rings. The van der Waals surface area contributed by atoms with E-state index >= 15 is 0 Å². The summed E-state index contributed by atoms with van der Waals surface area (Å²) in [5.74, 6) is -0.641. The number of nitrogens with zero attached hydrogens (tertiary/aromatic N) is 1. The van der Waals surface area contributed by atoms with Crippen molar-refractivity contribution in [2.24, 2.45) is 5.73 Å². The molecule has 0 saturated carbocycles. The Kier molecular flexibility index (Phi) is 4.65. The summed E-state index contributed by atoms with van der Waals surface area (Å²) in [4.78, 5) is 22.2. The van der Waals surface area contributed by atoms with Crippen LogP contribution in [0.5, 0.6) is 0 Å². The molecule has 0 aromatic heterocycles. The molecule has 0 unspecified atom stereocenters. The van der Waals surface area contributed by atoms with E-state index < -0.39 is 11.9 Å². The third-order valence-electron chi connectivity index (χ3n) is 1.98. The first-order valence-electron chi connectivity index (χ1n) is 4.72. The van der Waals surface area contributed by atoms with Gasteiger partial charge in [0.25, 0.3) is 0 Å². The van der Waals surface area contributed by atoms with Crippen LogP contribution >= 0.6 is 24.4 Å². The fourth-order valence-electron chi connectivity index (χ4n) is 1.13. The van der Waals surface area contributed by atoms with E-state index in [4.69, 9.17) is 17.3 Å². The lowest BCUT2D eigenvalue weighted by atomic mass is 10.2. The molecule has 0 atom stereocenters. The minimum atomic E-state index is -0.641. The lowest BCUT2D eigenvalue weighted by Crippen LogP contribution is -2.34. The van der Waals surface area contributed by atoms with Gasteiger partial charge in [0, 0.05) is 10.7 Å². The standard InChI is InChI=1S/C10H12ClN3O2S/c1-6-2-3-7(11)4-8(6)13-10(16)14(17)5-9(12)15/h2-4,17H,5H2,1H3,(H2,12,15)(H,13,16). The Labute approximate surface area is 109 Å². The number of thiol groups is 1. The Morgan fingerprint density at radius 1 is 1.53 bits per heavy atom. The molecule has 92 valence electrons. The average Bonchev–Trinajstić information content (AvgIpc) is 2.22. The first-order chi connectivity index (χ1) is 7.90. The first kappa shape index (κ1) is 13.7. The Balaban J connectivity index is 2.73. The second-order valence-corrected chi connectivity index (χ2v) is 4.33. The third kappa shape index (κ3) is 4.16. The number of primary amides is 1. The van der Waals surface area contributed by atoms with Gasteiger partial charge in [0.2, 0.25) is 5.91 Å². The Bertz CT molecular complexity index is 453. The van der Waals surface area contributed by atoms with E-state index in [1.165, 1.54) is 0 Å². The number of amides is 3. The molecule has 0 fully saturated rings. The van der Waals surface area contributed by atoms with Gasteiger partial charge in [-0.2, -0.15) is 0 Å². The second kappa shape index (κ2) is 5.79. The van der Waals surface area contributed by atoms with Crippen LogP contribution in [0.15, 0.2) is 18.2 Å². The number of rotatable bonds is 3. The lowest BCUT2D eigenvalue weighted by molar-refractivity contribution is -0.117. The van der Waals surface area contributed by atoms with Crippen molar-refractivity contribution in [1.82, 2.24) is 4.31 Å². The molecular weight excluding hydrogens is 262 g/mol. The van der Waals surface area contributed by atoms with Gasteiger partial charge in [-0.3, -0.25) is 9.10 Å². The van der Waals surface area contributed by atoms with Gasteiger partial charge in [-0.15, -0.1) is 0 Å². The molecule has 7 heteroatoms. The molecule has 17 heavy (non-hydrogen) atoms. The van der Waals surface area contributed by atoms with Crippen LogP contribution in [-0.4, -0.2) is 22.8 Å². The van der Waals surface area contributed by atoms with Crippen molar-refractivity contribution in [2.75, 3.05) is 11.9 Å². The highest BCUT2D eigenvalue weighted by molar-refractivity contribution is 7.78. The summed E-state index contributed by atoms with van der Waals surface area (Å²) < 4.78 is 0.892. The lowest BCUT2D eigenvalue weighted by Gasteiger charge is -2.15. The summed E-state index contributed by atoms with van der Waals surface area (Å²) in [5, 5.41) is 3.08. The zero-order valence-electron chi connectivity index (χ0n) is 9.11. The van der Waals surface area contributed by atoms with E-state index in [-0.39, 0.29) is 6.54 Å². The maximum Gasteiger partial charge on any atom is 0.332 e. The molecule has 0 radical (unpaired) electrons. The Hall–Kier alpha value is -1.40. The summed E-state index contributed by atoms with van der Waals surface area (Å²) in [5.41, 5.74) is 6.36. The first-order valence-corrected chi connectivity index (χ1v) is 5.50. The molecule has 1 aromatic rings. The molecule has 1 rings (SSSR count). The molecule has 0 aliphatic carbocycles. The predicted molar refractivity (Wildman–Crippen MR) is 70.1 cm³/mol. The molecule has 0 spiro atoms. The number of urea groups is 1. The SMILES string of the molecule is Cc1ccc(Cl)cc1NC(=O)N(S)CC(N)=O. The van der Waals surface area contributed by atoms with E-state index in [1.807, 2.05) is 6.92 Å². The third-order valence-corrected chi connectivity index (χ3v) is 2.54. The van der Waals surface area contributed by atoms with Crippen molar-refractivity contribution in [2.45, 2.75) is 6.92 Å². The van der Waals surface area contributed by atoms with Gasteiger partial charge in [0.15, 0.2) is 0 Å². The van der Waals surface area contributed by atoms with E-state index in [2.05, 4.69) is 18.1 Å². The van der Waals surface area contributed by atoms with Gasteiger partial charge in [0.1, 0.15) is 6.54 Å². The molecule has 3 N–H and O–H groups in total. The number of nitrogens with one attached hydrogen (secondary N) is 1. The highest BCUT2D eigenvalue weighted by Gasteiger charge is 2.13. The Morgan fingerprint density at radius 3 is 2.76 bits per heavy atom. The summed E-state index contributed by atoms with van der Waals surface area (Å²) in [6.45, 7) is 1.55. The zero-order chi connectivity index (χ0) is 13.0. The molecule has 0 bridgehead atoms. The van der Waals surface area contributed by atoms with Crippen LogP contribution in [0.25, 0.3) is 0 Å². The number of halogens is 1. The fraction of sp³-hybridized carbons (Fsp3) is 0.200. The van der Waals surface area contributed by atoms with Crippen molar-refractivity contribution in [1.29, 1.82) is 0 Å². The van der Waals surface area contributed by atoms with Gasteiger partial charge >= 0.3 is 6.03 Å². The van der Waals surface area contributed by atoms with Crippen LogP contribution in [0.2, 0.25) is 5.02 Å². The van der Waals surface area contributed by atoms with Gasteiger partial charge in [-0.25, -0.2) is 4.79 Å². The number of aryl methyl sites for hydroxylation is 1. The number of hydrogen-bond acceptors (Lipinski definition) is 3. The molecule has 0 heterocycles. The highest BCUT2D eigenvalue weighted by atomic mass is 35.5. The van der Waals surface area contributed by atoms with Crippen LogP contribution in [-0.2, 0) is 4.79 Å². The number of carbonyl (C=O) groups is 2. The fourth-order valence-corrected chi connectivity index (χ4v) is 1.49. The Morgan fingerprint density at radius 2 is 2.18 bits per heavy atom. The number of nitrogens with two attached hydrogens (primary N) is 1. The summed E-state index contributed by atoms with van der Waals surface area (Å²) in [6, 6.07) is 4.56. The average molecular weight is 274 g/mol. The van der Waals surface area contributed by atoms with Crippen molar-refractivity contribution >= 4 is 42.0 Å². The van der Waals surface area contributed by atoms with Crippen LogP contribution in [0.1, 0.15) is 5.56 Å². The van der Waals surface area contributed by atoms with E-state index in [9.17, 15) is 9.59 Å². The predicted octanol–water partition coefficient (Wildman–Crippen LogP) is 1.81. The van der Waals surface area contributed by atoms with Crippen LogP contribution < -0.4 is 11.1 Å². The largest absolute Gasteiger partial charge is 0.368 e. The van der Waals surface area contributed by atoms with Crippen LogP contribution in [0.4, 0.5) is 10.5 Å². The molecule has 0 aliphatic heterocycles. The van der Waals surface area contributed by atoms with Gasteiger partial charge in [-0.05, 0) is 24.6 Å². The molecular formula is C10H12ClN3O2S. The van der Waals surface area contributed by atoms with Crippen LogP contribution in [0.3, 0.4) is 0 Å². The van der Waals surface area contributed by atoms with Crippen molar-refractivity contribution in [3.8, 4) is 0 Å². The number of hydrogen-bond donors (Lipinski definition) is 3. The monoisotopic (exact) mass is 273 g/mol. The number of carbonyl (C=O) groups excluding carboxylic acids is 2. The van der Waals surface area contributed by atoms with Gasteiger partial charge in [0.05, 0.1) is 0 Å². The number of anilines is 1. The van der Waals surface area contributed by atoms with Crippen LogP contribution in [0, 0.1) is 6.92 Å². The highest BCUT2D eigenvalue weighted by Crippen LogP contribution is 2.20. The maximum absolute atomic E-state index is 11.6. The van der Waals surface area contributed by atoms with Crippen molar-refractivity contribution in [3.05, 3.63) is 28.8 Å². The second-order valence-electron chi connectivity index (χ2n) is 3.41. The van der Waals surface area contributed by atoms with Crippen molar-refractivity contribution in [3.63, 3.8) is 0 Å². The summed E-state index contributed by atoms with van der Waals surface area (Å²) in [7, 11) is 0. The summed E-state index contributed by atoms with van der Waals surface area (Å²) >= 11 is 9.65. The minimum Gasteiger partial charge on any atom is -0.368 e.